The monoisotopic (exact) mass is 209 g/mol. The number of aliphatic carboxylic acids is 1. The van der Waals surface area contributed by atoms with Gasteiger partial charge in [-0.2, -0.15) is 0 Å². The highest BCUT2D eigenvalue weighted by molar-refractivity contribution is 7.12. The fourth-order valence-corrected chi connectivity index (χ4v) is 1.83. The van der Waals surface area contributed by atoms with Crippen LogP contribution in [0.15, 0.2) is 23.8 Å². The van der Waals surface area contributed by atoms with Gasteiger partial charge in [0.15, 0.2) is 0 Å². The van der Waals surface area contributed by atoms with Crippen molar-refractivity contribution in [2.45, 2.75) is 6.42 Å². The number of aromatic nitrogens is 3. The van der Waals surface area contributed by atoms with Crippen LogP contribution < -0.4 is 0 Å². The summed E-state index contributed by atoms with van der Waals surface area (Å²) in [5.41, 5.74) is 0. The molecule has 0 unspecified atom stereocenters. The van der Waals surface area contributed by atoms with Crippen LogP contribution in [0.5, 0.6) is 0 Å². The lowest BCUT2D eigenvalue weighted by Crippen LogP contribution is -2.06. The highest BCUT2D eigenvalue weighted by Crippen LogP contribution is 2.15. The maximum absolute atomic E-state index is 10.5. The van der Waals surface area contributed by atoms with Crippen molar-refractivity contribution in [3.8, 4) is 5.00 Å². The molecule has 2 heterocycles. The maximum Gasteiger partial charge on any atom is 0.311 e. The van der Waals surface area contributed by atoms with E-state index in [2.05, 4.69) is 10.2 Å². The van der Waals surface area contributed by atoms with Gasteiger partial charge in [0.05, 0.1) is 0 Å². The van der Waals surface area contributed by atoms with Crippen molar-refractivity contribution in [3.05, 3.63) is 29.7 Å². The van der Waals surface area contributed by atoms with Gasteiger partial charge in [0.2, 0.25) is 0 Å². The normalized spacial score (nSPS) is 10.3. The molecule has 0 saturated heterocycles. The van der Waals surface area contributed by atoms with Crippen LogP contribution in [0.25, 0.3) is 5.00 Å². The van der Waals surface area contributed by atoms with E-state index in [1.807, 2.05) is 17.5 Å². The first-order chi connectivity index (χ1) is 6.77. The first-order valence-electron chi connectivity index (χ1n) is 3.92. The van der Waals surface area contributed by atoms with Crippen LogP contribution >= 0.6 is 11.3 Å². The van der Waals surface area contributed by atoms with Gasteiger partial charge in [-0.15, -0.1) is 21.5 Å². The Bertz CT molecular complexity index is 435. The summed E-state index contributed by atoms with van der Waals surface area (Å²) in [6.07, 6.45) is 1.40. The van der Waals surface area contributed by atoms with Crippen molar-refractivity contribution >= 4 is 17.3 Å². The molecule has 0 amide bonds. The third-order valence-corrected chi connectivity index (χ3v) is 2.54. The smallest absolute Gasteiger partial charge is 0.311 e. The Balaban J connectivity index is 2.35. The lowest BCUT2D eigenvalue weighted by molar-refractivity contribution is -0.136. The summed E-state index contributed by atoms with van der Waals surface area (Å²) in [7, 11) is 0. The summed E-state index contributed by atoms with van der Waals surface area (Å²) in [6, 6.07) is 3.78. The van der Waals surface area contributed by atoms with E-state index >= 15 is 0 Å². The molecule has 0 aromatic carbocycles. The average molecular weight is 209 g/mol. The van der Waals surface area contributed by atoms with Gasteiger partial charge in [-0.05, 0) is 17.5 Å². The third-order valence-electron chi connectivity index (χ3n) is 1.67. The lowest BCUT2D eigenvalue weighted by atomic mass is 10.4. The molecule has 2 aromatic heterocycles. The molecular weight excluding hydrogens is 202 g/mol. The predicted molar refractivity (Wildman–Crippen MR) is 50.6 cm³/mol. The largest absolute Gasteiger partial charge is 0.481 e. The molecular formula is C8H7N3O2S. The molecule has 72 valence electrons. The summed E-state index contributed by atoms with van der Waals surface area (Å²) in [4.78, 5) is 10.5. The molecule has 1 N–H and O–H groups in total. The number of hydrogen-bond donors (Lipinski definition) is 1. The molecule has 0 fully saturated rings. The van der Waals surface area contributed by atoms with Crippen LogP contribution in [0.4, 0.5) is 0 Å². The van der Waals surface area contributed by atoms with E-state index in [0.717, 1.165) is 5.00 Å². The summed E-state index contributed by atoms with van der Waals surface area (Å²) in [6.45, 7) is 0. The SMILES string of the molecule is O=C(O)Cc1nncn1-c1cccs1. The first kappa shape index (κ1) is 8.89. The zero-order valence-electron chi connectivity index (χ0n) is 7.12. The van der Waals surface area contributed by atoms with Crippen molar-refractivity contribution in [2.75, 3.05) is 0 Å². The number of thiophene rings is 1. The number of nitrogens with zero attached hydrogens (tertiary/aromatic N) is 3. The van der Waals surface area contributed by atoms with Gasteiger partial charge in [0.1, 0.15) is 23.6 Å². The highest BCUT2D eigenvalue weighted by Gasteiger charge is 2.10. The average Bonchev–Trinajstić information content (AvgIpc) is 2.70. The number of rotatable bonds is 3. The molecule has 6 heteroatoms. The lowest BCUT2D eigenvalue weighted by Gasteiger charge is -1.99. The van der Waals surface area contributed by atoms with Crippen molar-refractivity contribution in [2.24, 2.45) is 0 Å². The Labute approximate surface area is 83.6 Å². The van der Waals surface area contributed by atoms with Gasteiger partial charge in [0, 0.05) is 0 Å². The van der Waals surface area contributed by atoms with Crippen LogP contribution in [0.1, 0.15) is 5.82 Å². The maximum atomic E-state index is 10.5. The van der Waals surface area contributed by atoms with E-state index in [-0.39, 0.29) is 6.42 Å². The van der Waals surface area contributed by atoms with Gasteiger partial charge in [-0.25, -0.2) is 0 Å². The van der Waals surface area contributed by atoms with E-state index < -0.39 is 5.97 Å². The summed E-state index contributed by atoms with van der Waals surface area (Å²) in [5, 5.41) is 18.9. The first-order valence-corrected chi connectivity index (χ1v) is 4.80. The van der Waals surface area contributed by atoms with Crippen LogP contribution in [0, 0.1) is 0 Å². The zero-order chi connectivity index (χ0) is 9.97. The number of carbonyl (C=O) groups is 1. The molecule has 0 aliphatic heterocycles. The van der Waals surface area contributed by atoms with Gasteiger partial charge >= 0.3 is 5.97 Å². The van der Waals surface area contributed by atoms with E-state index in [4.69, 9.17) is 5.11 Å². The van der Waals surface area contributed by atoms with Gasteiger partial charge in [-0.3, -0.25) is 9.36 Å². The van der Waals surface area contributed by atoms with E-state index in [0.29, 0.717) is 5.82 Å². The molecule has 2 aromatic rings. The Kier molecular flexibility index (Phi) is 2.28. The molecule has 0 spiro atoms. The van der Waals surface area contributed by atoms with Crippen LogP contribution in [0.3, 0.4) is 0 Å². The summed E-state index contributed by atoms with van der Waals surface area (Å²) in [5.74, 6) is -0.462. The number of hydrogen-bond acceptors (Lipinski definition) is 4. The summed E-state index contributed by atoms with van der Waals surface area (Å²) >= 11 is 1.51. The molecule has 0 aliphatic carbocycles. The second-order valence-electron chi connectivity index (χ2n) is 2.64. The standard InChI is InChI=1S/C8H7N3O2S/c12-8(13)4-6-10-9-5-11(6)7-2-1-3-14-7/h1-3,5H,4H2,(H,12,13). The van der Waals surface area contributed by atoms with Crippen LogP contribution in [-0.4, -0.2) is 25.8 Å². The van der Waals surface area contributed by atoms with E-state index in [1.165, 1.54) is 17.7 Å². The third kappa shape index (κ3) is 1.64. The zero-order valence-corrected chi connectivity index (χ0v) is 7.94. The minimum absolute atomic E-state index is 0.113. The van der Waals surface area contributed by atoms with Crippen molar-refractivity contribution in [1.29, 1.82) is 0 Å². The Morgan fingerprint density at radius 2 is 2.50 bits per heavy atom. The topological polar surface area (TPSA) is 68.0 Å². The van der Waals surface area contributed by atoms with Crippen LogP contribution in [-0.2, 0) is 11.2 Å². The van der Waals surface area contributed by atoms with Gasteiger partial charge in [0.25, 0.3) is 0 Å². The molecule has 14 heavy (non-hydrogen) atoms. The number of carboxylic acid groups (broad SMARTS) is 1. The molecule has 0 saturated carbocycles. The fraction of sp³-hybridized carbons (Fsp3) is 0.125. The fourth-order valence-electron chi connectivity index (χ4n) is 1.11. The molecule has 2 rings (SSSR count). The van der Waals surface area contributed by atoms with Gasteiger partial charge in [-0.1, -0.05) is 0 Å². The Hall–Kier alpha value is -1.69. The Morgan fingerprint density at radius 3 is 3.14 bits per heavy atom. The van der Waals surface area contributed by atoms with Crippen LogP contribution in [0.2, 0.25) is 0 Å². The second-order valence-corrected chi connectivity index (χ2v) is 3.57. The summed E-state index contributed by atoms with van der Waals surface area (Å²) < 4.78 is 1.68. The number of carboxylic acids is 1. The quantitative estimate of drug-likeness (QED) is 0.817. The molecule has 5 nitrogen and oxygen atoms in total. The van der Waals surface area contributed by atoms with E-state index in [9.17, 15) is 4.79 Å². The minimum Gasteiger partial charge on any atom is -0.481 e. The molecule has 0 aliphatic rings. The van der Waals surface area contributed by atoms with E-state index in [1.54, 1.807) is 4.57 Å². The highest BCUT2D eigenvalue weighted by atomic mass is 32.1. The Morgan fingerprint density at radius 1 is 1.64 bits per heavy atom. The molecule has 0 atom stereocenters. The molecule has 0 radical (unpaired) electrons. The molecule has 0 bridgehead atoms. The predicted octanol–water partition coefficient (Wildman–Crippen LogP) is 0.956. The minimum atomic E-state index is -0.907. The van der Waals surface area contributed by atoms with Crippen molar-refractivity contribution in [1.82, 2.24) is 14.8 Å². The second kappa shape index (κ2) is 3.59. The van der Waals surface area contributed by atoms with Gasteiger partial charge < -0.3 is 5.11 Å². The van der Waals surface area contributed by atoms with Crippen molar-refractivity contribution in [3.63, 3.8) is 0 Å². The van der Waals surface area contributed by atoms with Crippen molar-refractivity contribution < 1.29 is 9.90 Å².